The Morgan fingerprint density at radius 1 is 1.26 bits per heavy atom. The molecular formula is C18H22N2O3. The molecule has 0 radical (unpaired) electrons. The number of likely N-dealkylation sites (tertiary alicyclic amines) is 1. The second-order valence-corrected chi connectivity index (χ2v) is 6.38. The predicted molar refractivity (Wildman–Crippen MR) is 84.8 cm³/mol. The van der Waals surface area contributed by atoms with Crippen LogP contribution in [0.1, 0.15) is 17.2 Å². The molecule has 0 unspecified atom stereocenters. The summed E-state index contributed by atoms with van der Waals surface area (Å²) in [5.74, 6) is 2.41. The number of ether oxygens (including phenoxy) is 2. The van der Waals surface area contributed by atoms with Gasteiger partial charge in [0.1, 0.15) is 11.5 Å². The average molecular weight is 314 g/mol. The molecule has 23 heavy (non-hydrogen) atoms. The third-order valence-corrected chi connectivity index (χ3v) is 4.78. The van der Waals surface area contributed by atoms with Crippen molar-refractivity contribution in [3.8, 4) is 0 Å². The quantitative estimate of drug-likeness (QED) is 0.848. The fourth-order valence-corrected chi connectivity index (χ4v) is 3.60. The van der Waals surface area contributed by atoms with Gasteiger partial charge in [0.05, 0.1) is 38.2 Å². The second-order valence-electron chi connectivity index (χ2n) is 6.38. The van der Waals surface area contributed by atoms with E-state index in [0.717, 1.165) is 43.5 Å². The van der Waals surface area contributed by atoms with Gasteiger partial charge in [0, 0.05) is 24.7 Å². The number of rotatable bonds is 5. The largest absolute Gasteiger partial charge is 0.465 e. The maximum Gasteiger partial charge on any atom is 0.118 e. The van der Waals surface area contributed by atoms with Crippen molar-refractivity contribution in [2.45, 2.75) is 32.2 Å². The molecule has 0 spiro atoms. The van der Waals surface area contributed by atoms with Gasteiger partial charge in [-0.05, 0) is 31.2 Å². The average Bonchev–Trinajstić information content (AvgIpc) is 3.26. The fraction of sp³-hybridized carbons (Fsp3) is 0.500. The Hall–Kier alpha value is -1.69. The Kier molecular flexibility index (Phi) is 4.16. The summed E-state index contributed by atoms with van der Waals surface area (Å²) in [7, 11) is 0. The molecule has 2 aromatic heterocycles. The highest BCUT2D eigenvalue weighted by Crippen LogP contribution is 2.33. The minimum absolute atomic E-state index is 0.195. The van der Waals surface area contributed by atoms with Crippen molar-refractivity contribution < 1.29 is 13.9 Å². The number of aryl methyl sites for hydroxylation is 1. The first kappa shape index (κ1) is 14.9. The van der Waals surface area contributed by atoms with E-state index in [2.05, 4.69) is 16.0 Å². The lowest BCUT2D eigenvalue weighted by molar-refractivity contribution is 0.00706. The molecule has 0 aromatic carbocycles. The van der Waals surface area contributed by atoms with Crippen molar-refractivity contribution >= 4 is 0 Å². The van der Waals surface area contributed by atoms with Crippen molar-refractivity contribution in [2.75, 3.05) is 19.8 Å². The van der Waals surface area contributed by atoms with E-state index < -0.39 is 0 Å². The Labute approximate surface area is 136 Å². The van der Waals surface area contributed by atoms with Crippen LogP contribution in [0.15, 0.2) is 40.9 Å². The molecule has 2 saturated heterocycles. The lowest BCUT2D eigenvalue weighted by Gasteiger charge is -2.20. The molecule has 0 bridgehead atoms. The molecule has 0 amide bonds. The summed E-state index contributed by atoms with van der Waals surface area (Å²) in [6.45, 7) is 5.85. The smallest absolute Gasteiger partial charge is 0.118 e. The van der Waals surface area contributed by atoms with Gasteiger partial charge < -0.3 is 13.9 Å². The van der Waals surface area contributed by atoms with Gasteiger partial charge in [-0.1, -0.05) is 6.07 Å². The van der Waals surface area contributed by atoms with Crippen molar-refractivity contribution in [1.82, 2.24) is 9.88 Å². The fourth-order valence-electron chi connectivity index (χ4n) is 3.60. The van der Waals surface area contributed by atoms with E-state index in [1.165, 1.54) is 0 Å². The first-order chi connectivity index (χ1) is 11.3. The van der Waals surface area contributed by atoms with E-state index in [0.29, 0.717) is 18.6 Å². The minimum atomic E-state index is 0.195. The molecule has 2 aliphatic rings. The molecule has 4 heterocycles. The molecule has 2 fully saturated rings. The molecule has 5 nitrogen and oxygen atoms in total. The first-order valence-electron chi connectivity index (χ1n) is 8.18. The Balaban J connectivity index is 1.40. The summed E-state index contributed by atoms with van der Waals surface area (Å²) in [4.78, 5) is 6.76. The third kappa shape index (κ3) is 3.17. The van der Waals surface area contributed by atoms with Gasteiger partial charge in [-0.25, -0.2) is 0 Å². The van der Waals surface area contributed by atoms with Crippen LogP contribution in [0.4, 0.5) is 0 Å². The normalized spacial score (nSPS) is 27.4. The molecule has 122 valence electrons. The number of hydrogen-bond donors (Lipinski definition) is 0. The summed E-state index contributed by atoms with van der Waals surface area (Å²) in [5.41, 5.74) is 0.975. The van der Waals surface area contributed by atoms with Crippen LogP contribution in [-0.2, 0) is 22.6 Å². The van der Waals surface area contributed by atoms with Crippen LogP contribution in [0.3, 0.4) is 0 Å². The number of fused-ring (bicyclic) bond motifs is 1. The molecule has 0 aliphatic carbocycles. The number of pyridine rings is 1. The second kappa shape index (κ2) is 6.43. The van der Waals surface area contributed by atoms with Crippen LogP contribution in [0.25, 0.3) is 0 Å². The number of furan rings is 1. The molecule has 2 aromatic rings. The zero-order valence-corrected chi connectivity index (χ0v) is 13.4. The highest BCUT2D eigenvalue weighted by atomic mass is 16.5. The summed E-state index contributed by atoms with van der Waals surface area (Å²) < 4.78 is 17.6. The van der Waals surface area contributed by atoms with Gasteiger partial charge in [-0.15, -0.1) is 0 Å². The number of hydrogen-bond acceptors (Lipinski definition) is 5. The first-order valence-corrected chi connectivity index (χ1v) is 8.18. The van der Waals surface area contributed by atoms with Crippen LogP contribution in [0.5, 0.6) is 0 Å². The highest BCUT2D eigenvalue weighted by molar-refractivity contribution is 5.08. The van der Waals surface area contributed by atoms with Crippen LogP contribution in [0, 0.1) is 12.8 Å². The van der Waals surface area contributed by atoms with Gasteiger partial charge in [0.2, 0.25) is 0 Å². The van der Waals surface area contributed by atoms with Gasteiger partial charge in [0.15, 0.2) is 0 Å². The molecule has 0 saturated carbocycles. The van der Waals surface area contributed by atoms with Gasteiger partial charge in [-0.3, -0.25) is 9.88 Å². The predicted octanol–water partition coefficient (Wildman–Crippen LogP) is 2.40. The van der Waals surface area contributed by atoms with Crippen molar-refractivity contribution in [2.24, 2.45) is 5.92 Å². The van der Waals surface area contributed by atoms with Crippen molar-refractivity contribution in [1.29, 1.82) is 0 Å². The Morgan fingerprint density at radius 2 is 2.22 bits per heavy atom. The van der Waals surface area contributed by atoms with Crippen LogP contribution >= 0.6 is 0 Å². The van der Waals surface area contributed by atoms with Gasteiger partial charge in [0.25, 0.3) is 0 Å². The van der Waals surface area contributed by atoms with E-state index in [1.54, 1.807) is 6.20 Å². The van der Waals surface area contributed by atoms with E-state index in [4.69, 9.17) is 13.9 Å². The van der Waals surface area contributed by atoms with Crippen LogP contribution < -0.4 is 0 Å². The van der Waals surface area contributed by atoms with E-state index in [-0.39, 0.29) is 6.10 Å². The standard InChI is InChI=1S/C18H22N2O3/c1-13-5-6-15(23-13)8-20-9-18(16-11-21-12-17(16)20)22-10-14-4-2-3-7-19-14/h2-7,16-18H,8-12H2,1H3/t16-,17+,18-/m0/s1. The molecule has 5 heteroatoms. The minimum Gasteiger partial charge on any atom is -0.465 e. The number of aromatic nitrogens is 1. The van der Waals surface area contributed by atoms with Gasteiger partial charge in [-0.2, -0.15) is 0 Å². The van der Waals surface area contributed by atoms with Crippen LogP contribution in [0.2, 0.25) is 0 Å². The highest BCUT2D eigenvalue weighted by Gasteiger charge is 2.46. The van der Waals surface area contributed by atoms with E-state index in [1.807, 2.05) is 31.2 Å². The zero-order valence-electron chi connectivity index (χ0n) is 13.4. The summed E-state index contributed by atoms with van der Waals surface area (Å²) in [5, 5.41) is 0. The zero-order chi connectivity index (χ0) is 15.6. The maximum atomic E-state index is 6.16. The SMILES string of the molecule is Cc1ccc(CN2C[C@H](OCc3ccccn3)[C@H]3COC[C@H]32)o1. The molecule has 0 N–H and O–H groups in total. The Bertz CT molecular complexity index is 643. The monoisotopic (exact) mass is 314 g/mol. The van der Waals surface area contributed by atoms with Crippen LogP contribution in [-0.4, -0.2) is 41.8 Å². The lowest BCUT2D eigenvalue weighted by atomic mass is 10.0. The topological polar surface area (TPSA) is 47.7 Å². The van der Waals surface area contributed by atoms with E-state index >= 15 is 0 Å². The van der Waals surface area contributed by atoms with Crippen molar-refractivity contribution in [3.05, 3.63) is 53.7 Å². The molecule has 3 atom stereocenters. The van der Waals surface area contributed by atoms with Crippen molar-refractivity contribution in [3.63, 3.8) is 0 Å². The molecule has 4 rings (SSSR count). The summed E-state index contributed by atoms with van der Waals surface area (Å²) in [6, 6.07) is 10.4. The third-order valence-electron chi connectivity index (χ3n) is 4.78. The lowest BCUT2D eigenvalue weighted by Crippen LogP contribution is -2.32. The molecular weight excluding hydrogens is 292 g/mol. The van der Waals surface area contributed by atoms with E-state index in [9.17, 15) is 0 Å². The van der Waals surface area contributed by atoms with Gasteiger partial charge >= 0.3 is 0 Å². The maximum absolute atomic E-state index is 6.16. The molecule has 2 aliphatic heterocycles. The Morgan fingerprint density at radius 3 is 3.00 bits per heavy atom. The number of nitrogens with zero attached hydrogens (tertiary/aromatic N) is 2. The summed E-state index contributed by atoms with van der Waals surface area (Å²) in [6.07, 6.45) is 2.00. The summed E-state index contributed by atoms with van der Waals surface area (Å²) >= 11 is 0.